The van der Waals surface area contributed by atoms with Gasteiger partial charge in [-0.3, -0.25) is 9.36 Å². The Labute approximate surface area is 144 Å². The zero-order chi connectivity index (χ0) is 17.3. The van der Waals surface area contributed by atoms with Crippen LogP contribution in [0.25, 0.3) is 17.3 Å². The molecule has 0 saturated carbocycles. The number of hydrogen-bond donors (Lipinski definition) is 1. The highest BCUT2D eigenvalue weighted by molar-refractivity contribution is 6.30. The molecule has 0 bridgehead atoms. The van der Waals surface area contributed by atoms with Crippen molar-refractivity contribution in [1.82, 2.24) is 14.5 Å². The maximum absolute atomic E-state index is 11.1. The van der Waals surface area contributed by atoms with Crippen LogP contribution in [0.1, 0.15) is 23.6 Å². The molecule has 2 N–H and O–H groups in total. The normalized spacial score (nSPS) is 11.0. The number of primary amides is 1. The summed E-state index contributed by atoms with van der Waals surface area (Å²) in [7, 11) is 0. The van der Waals surface area contributed by atoms with E-state index in [4.69, 9.17) is 21.8 Å². The highest BCUT2D eigenvalue weighted by atomic mass is 35.5. The minimum Gasteiger partial charge on any atom is -0.427 e. The maximum atomic E-state index is 11.1. The molecule has 0 radical (unpaired) electrons. The second-order valence-corrected chi connectivity index (χ2v) is 5.96. The third-order valence-electron chi connectivity index (χ3n) is 3.86. The van der Waals surface area contributed by atoms with Crippen molar-refractivity contribution in [3.8, 4) is 17.3 Å². The molecule has 2 aromatic heterocycles. The fourth-order valence-electron chi connectivity index (χ4n) is 2.37. The van der Waals surface area contributed by atoms with Crippen LogP contribution in [0.5, 0.6) is 0 Å². The number of nitrogens with two attached hydrogens (primary N) is 1. The molecule has 3 aromatic rings. The van der Waals surface area contributed by atoms with Crippen molar-refractivity contribution in [3.05, 3.63) is 52.8 Å². The standard InChI is InChI=1S/C17H17ClN4O2/c1-10-11(2)22(9-20-10)17-21-16(12-3-5-13(18)6-4-12)14(24-17)7-8-15(19)23/h3-6,9H,7-8H2,1-2H3,(H2,19,23). The van der Waals surface area contributed by atoms with Gasteiger partial charge in [-0.2, -0.15) is 4.98 Å². The molecule has 1 amide bonds. The van der Waals surface area contributed by atoms with Gasteiger partial charge in [-0.05, 0) is 26.0 Å². The first kappa shape index (κ1) is 16.3. The molecule has 7 heteroatoms. The van der Waals surface area contributed by atoms with Gasteiger partial charge in [-0.25, -0.2) is 4.98 Å². The van der Waals surface area contributed by atoms with Crippen LogP contribution in [-0.4, -0.2) is 20.4 Å². The van der Waals surface area contributed by atoms with Crippen LogP contribution >= 0.6 is 11.6 Å². The lowest BCUT2D eigenvalue weighted by molar-refractivity contribution is -0.118. The van der Waals surface area contributed by atoms with Crippen LogP contribution in [0.3, 0.4) is 0 Å². The van der Waals surface area contributed by atoms with Gasteiger partial charge >= 0.3 is 6.01 Å². The fraction of sp³-hybridized carbons (Fsp3) is 0.235. The molecule has 2 heterocycles. The Morgan fingerprint density at radius 3 is 2.58 bits per heavy atom. The van der Waals surface area contributed by atoms with Gasteiger partial charge in [0.05, 0.1) is 5.69 Å². The second-order valence-electron chi connectivity index (χ2n) is 5.53. The minimum absolute atomic E-state index is 0.192. The number of hydrogen-bond acceptors (Lipinski definition) is 4. The highest BCUT2D eigenvalue weighted by Gasteiger charge is 2.18. The molecule has 0 aliphatic rings. The number of nitrogens with zero attached hydrogens (tertiary/aromatic N) is 3. The monoisotopic (exact) mass is 344 g/mol. The summed E-state index contributed by atoms with van der Waals surface area (Å²) in [6, 6.07) is 7.72. The first-order chi connectivity index (χ1) is 11.5. The number of aromatic nitrogens is 3. The molecule has 0 aliphatic heterocycles. The third kappa shape index (κ3) is 3.19. The van der Waals surface area contributed by atoms with E-state index in [1.54, 1.807) is 23.0 Å². The first-order valence-corrected chi connectivity index (χ1v) is 7.88. The van der Waals surface area contributed by atoms with E-state index < -0.39 is 0 Å². The number of rotatable bonds is 5. The van der Waals surface area contributed by atoms with E-state index in [0.717, 1.165) is 17.0 Å². The molecule has 0 saturated heterocycles. The largest absolute Gasteiger partial charge is 0.427 e. The lowest BCUT2D eigenvalue weighted by Gasteiger charge is -2.00. The van der Waals surface area contributed by atoms with Crippen LogP contribution < -0.4 is 5.73 Å². The van der Waals surface area contributed by atoms with Gasteiger partial charge in [0, 0.05) is 29.1 Å². The molecular weight excluding hydrogens is 328 g/mol. The summed E-state index contributed by atoms with van der Waals surface area (Å²) >= 11 is 5.95. The number of halogens is 1. The van der Waals surface area contributed by atoms with Gasteiger partial charge in [0.1, 0.15) is 17.8 Å². The van der Waals surface area contributed by atoms with Crippen molar-refractivity contribution in [3.63, 3.8) is 0 Å². The number of benzene rings is 1. The van der Waals surface area contributed by atoms with Gasteiger partial charge in [-0.15, -0.1) is 0 Å². The molecule has 0 unspecified atom stereocenters. The van der Waals surface area contributed by atoms with Crippen molar-refractivity contribution >= 4 is 17.5 Å². The molecule has 124 valence electrons. The zero-order valence-electron chi connectivity index (χ0n) is 13.4. The fourth-order valence-corrected chi connectivity index (χ4v) is 2.50. The highest BCUT2D eigenvalue weighted by Crippen LogP contribution is 2.28. The number of carbonyl (C=O) groups is 1. The topological polar surface area (TPSA) is 86.9 Å². The molecule has 0 atom stereocenters. The van der Waals surface area contributed by atoms with Gasteiger partial charge in [-0.1, -0.05) is 23.7 Å². The van der Waals surface area contributed by atoms with E-state index in [1.165, 1.54) is 0 Å². The SMILES string of the molecule is Cc1ncn(-c2nc(-c3ccc(Cl)cc3)c(CCC(N)=O)o2)c1C. The van der Waals surface area contributed by atoms with E-state index >= 15 is 0 Å². The Kier molecular flexibility index (Phi) is 4.40. The van der Waals surface area contributed by atoms with Crippen molar-refractivity contribution < 1.29 is 9.21 Å². The number of carbonyl (C=O) groups excluding carboxylic acids is 1. The molecule has 1 aromatic carbocycles. The predicted octanol–water partition coefficient (Wildman–Crippen LogP) is 3.22. The molecule has 3 rings (SSSR count). The van der Waals surface area contributed by atoms with E-state index in [0.29, 0.717) is 28.9 Å². The van der Waals surface area contributed by atoms with E-state index in [-0.39, 0.29) is 12.3 Å². The summed E-state index contributed by atoms with van der Waals surface area (Å²) in [6.07, 6.45) is 2.24. The van der Waals surface area contributed by atoms with Crippen LogP contribution in [0.4, 0.5) is 0 Å². The van der Waals surface area contributed by atoms with Crippen LogP contribution in [0, 0.1) is 13.8 Å². The Balaban J connectivity index is 2.06. The molecule has 0 spiro atoms. The van der Waals surface area contributed by atoms with Gasteiger partial charge in [0.25, 0.3) is 0 Å². The van der Waals surface area contributed by atoms with Crippen molar-refractivity contribution in [1.29, 1.82) is 0 Å². The Bertz CT molecular complexity index is 881. The van der Waals surface area contributed by atoms with Crippen molar-refractivity contribution in [2.24, 2.45) is 5.73 Å². The van der Waals surface area contributed by atoms with E-state index in [9.17, 15) is 4.79 Å². The predicted molar refractivity (Wildman–Crippen MR) is 91.1 cm³/mol. The summed E-state index contributed by atoms with van der Waals surface area (Å²) in [5.41, 5.74) is 8.65. The summed E-state index contributed by atoms with van der Waals surface area (Å²) in [6.45, 7) is 3.86. The number of amides is 1. The van der Waals surface area contributed by atoms with Gasteiger partial charge in [0.2, 0.25) is 5.91 Å². The molecule has 6 nitrogen and oxygen atoms in total. The number of imidazole rings is 1. The maximum Gasteiger partial charge on any atom is 0.307 e. The summed E-state index contributed by atoms with van der Waals surface area (Å²) < 4.78 is 7.68. The van der Waals surface area contributed by atoms with Gasteiger partial charge < -0.3 is 10.2 Å². The van der Waals surface area contributed by atoms with Crippen molar-refractivity contribution in [2.75, 3.05) is 0 Å². The summed E-state index contributed by atoms with van der Waals surface area (Å²) in [4.78, 5) is 20.0. The van der Waals surface area contributed by atoms with E-state index in [2.05, 4.69) is 9.97 Å². The molecule has 0 fully saturated rings. The summed E-state index contributed by atoms with van der Waals surface area (Å²) in [5, 5.41) is 0.641. The lowest BCUT2D eigenvalue weighted by atomic mass is 10.1. The minimum atomic E-state index is -0.385. The Morgan fingerprint density at radius 1 is 1.29 bits per heavy atom. The zero-order valence-corrected chi connectivity index (χ0v) is 14.2. The van der Waals surface area contributed by atoms with E-state index in [1.807, 2.05) is 26.0 Å². The summed E-state index contributed by atoms with van der Waals surface area (Å²) in [5.74, 6) is 0.224. The van der Waals surface area contributed by atoms with Crippen LogP contribution in [0.15, 0.2) is 35.0 Å². The molecule has 24 heavy (non-hydrogen) atoms. The Morgan fingerprint density at radius 2 is 2.00 bits per heavy atom. The molecular formula is C17H17ClN4O2. The average Bonchev–Trinajstić information content (AvgIpc) is 3.11. The number of oxazole rings is 1. The Hall–Kier alpha value is -2.60. The lowest BCUT2D eigenvalue weighted by Crippen LogP contribution is -2.11. The first-order valence-electron chi connectivity index (χ1n) is 7.50. The quantitative estimate of drug-likeness (QED) is 0.769. The smallest absolute Gasteiger partial charge is 0.307 e. The van der Waals surface area contributed by atoms with Crippen molar-refractivity contribution in [2.45, 2.75) is 26.7 Å². The number of aryl methyl sites for hydroxylation is 2. The molecule has 0 aliphatic carbocycles. The average molecular weight is 345 g/mol. The third-order valence-corrected chi connectivity index (χ3v) is 4.11. The van der Waals surface area contributed by atoms with Crippen LogP contribution in [-0.2, 0) is 11.2 Å². The van der Waals surface area contributed by atoms with Crippen LogP contribution in [0.2, 0.25) is 5.02 Å². The second kappa shape index (κ2) is 6.49. The van der Waals surface area contributed by atoms with Gasteiger partial charge in [0.15, 0.2) is 0 Å².